The quantitative estimate of drug-likeness (QED) is 0.836. The molecule has 0 saturated heterocycles. The van der Waals surface area contributed by atoms with Crippen LogP contribution in [0.4, 0.5) is 0 Å². The fraction of sp³-hybridized carbons (Fsp3) is 0.500. The number of hydrogen-bond donors (Lipinski definition) is 2. The Balaban J connectivity index is 2.72. The third-order valence-electron chi connectivity index (χ3n) is 2.73. The molecule has 4 heteroatoms. The Hall–Kier alpha value is -1.55. The summed E-state index contributed by atoms with van der Waals surface area (Å²) >= 11 is 0. The summed E-state index contributed by atoms with van der Waals surface area (Å²) in [6.45, 7) is 5.39. The van der Waals surface area contributed by atoms with Crippen molar-refractivity contribution in [3.05, 3.63) is 29.3 Å². The summed E-state index contributed by atoms with van der Waals surface area (Å²) in [5.41, 5.74) is 0.748. The predicted molar refractivity (Wildman–Crippen MR) is 70.5 cm³/mol. The number of rotatable bonds is 5. The van der Waals surface area contributed by atoms with Crippen molar-refractivity contribution in [3.8, 4) is 5.75 Å². The second kappa shape index (κ2) is 5.87. The highest BCUT2D eigenvalue weighted by molar-refractivity contribution is 5.83. The molecule has 0 spiro atoms. The highest BCUT2D eigenvalue weighted by atomic mass is 16.5. The molecule has 0 fully saturated rings. The summed E-state index contributed by atoms with van der Waals surface area (Å²) < 4.78 is 5.24. The first-order valence-electron chi connectivity index (χ1n) is 6.05. The molecule has 4 nitrogen and oxygen atoms in total. The van der Waals surface area contributed by atoms with E-state index in [4.69, 9.17) is 4.74 Å². The number of hydrogen-bond acceptors (Lipinski definition) is 3. The second-order valence-electron chi connectivity index (χ2n) is 4.74. The van der Waals surface area contributed by atoms with Gasteiger partial charge in [-0.15, -0.1) is 0 Å². The van der Waals surface area contributed by atoms with Gasteiger partial charge >= 0.3 is 0 Å². The van der Waals surface area contributed by atoms with Gasteiger partial charge in [-0.2, -0.15) is 0 Å². The number of aryl methyl sites for hydroxylation is 1. The van der Waals surface area contributed by atoms with E-state index in [0.29, 0.717) is 6.54 Å². The van der Waals surface area contributed by atoms with Crippen LogP contribution in [0.25, 0.3) is 0 Å². The third kappa shape index (κ3) is 3.74. The molecule has 0 unspecified atom stereocenters. The van der Waals surface area contributed by atoms with Gasteiger partial charge < -0.3 is 15.2 Å². The Morgan fingerprint density at radius 3 is 2.61 bits per heavy atom. The largest absolute Gasteiger partial charge is 0.496 e. The summed E-state index contributed by atoms with van der Waals surface area (Å²) in [5, 5.41) is 12.2. The lowest BCUT2D eigenvalue weighted by atomic mass is 10.1. The monoisotopic (exact) mass is 251 g/mol. The first-order chi connectivity index (χ1) is 8.38. The molecule has 1 rings (SSSR count). The van der Waals surface area contributed by atoms with E-state index in [1.54, 1.807) is 7.11 Å². The van der Waals surface area contributed by atoms with E-state index in [1.807, 2.05) is 18.2 Å². The van der Waals surface area contributed by atoms with Crippen molar-refractivity contribution < 1.29 is 14.6 Å². The van der Waals surface area contributed by atoms with Crippen LogP contribution in [-0.4, -0.2) is 23.7 Å². The first kappa shape index (κ1) is 14.5. The molecule has 0 atom stereocenters. The standard InChI is InChI=1S/C14H21NO3/c1-5-11-8-10(6-7-12(11)18-4)9-15-13(16)14(2,3)17/h6-8,17H,5,9H2,1-4H3,(H,15,16). The van der Waals surface area contributed by atoms with Crippen LogP contribution < -0.4 is 10.1 Å². The van der Waals surface area contributed by atoms with Gasteiger partial charge in [-0.1, -0.05) is 19.1 Å². The fourth-order valence-corrected chi connectivity index (χ4v) is 1.62. The van der Waals surface area contributed by atoms with Crippen LogP contribution in [0.3, 0.4) is 0 Å². The highest BCUT2D eigenvalue weighted by Gasteiger charge is 2.22. The maximum Gasteiger partial charge on any atom is 0.251 e. The molecule has 100 valence electrons. The number of amides is 1. The summed E-state index contributed by atoms with van der Waals surface area (Å²) in [6, 6.07) is 5.80. The smallest absolute Gasteiger partial charge is 0.251 e. The fourth-order valence-electron chi connectivity index (χ4n) is 1.62. The number of carbonyl (C=O) groups excluding carboxylic acids is 1. The SMILES string of the molecule is CCc1cc(CNC(=O)C(C)(C)O)ccc1OC. The summed E-state index contributed by atoms with van der Waals surface area (Å²) in [7, 11) is 1.64. The van der Waals surface area contributed by atoms with Gasteiger partial charge in [0.2, 0.25) is 0 Å². The average molecular weight is 251 g/mol. The van der Waals surface area contributed by atoms with E-state index >= 15 is 0 Å². The molecule has 0 radical (unpaired) electrons. The molecule has 1 aromatic rings. The van der Waals surface area contributed by atoms with Crippen molar-refractivity contribution in [1.82, 2.24) is 5.32 Å². The molecular formula is C14H21NO3. The molecule has 0 heterocycles. The lowest BCUT2D eigenvalue weighted by Crippen LogP contribution is -2.41. The number of benzene rings is 1. The number of nitrogens with one attached hydrogen (secondary N) is 1. The van der Waals surface area contributed by atoms with Crippen molar-refractivity contribution >= 4 is 5.91 Å². The van der Waals surface area contributed by atoms with E-state index in [0.717, 1.165) is 23.3 Å². The van der Waals surface area contributed by atoms with E-state index in [9.17, 15) is 9.90 Å². The molecule has 0 aliphatic carbocycles. The Labute approximate surface area is 108 Å². The number of methoxy groups -OCH3 is 1. The van der Waals surface area contributed by atoms with Crippen LogP contribution in [0, 0.1) is 0 Å². The minimum absolute atomic E-state index is 0.378. The van der Waals surface area contributed by atoms with Gasteiger partial charge in [0.15, 0.2) is 0 Å². The van der Waals surface area contributed by atoms with Crippen LogP contribution in [0.1, 0.15) is 31.9 Å². The molecule has 0 aromatic heterocycles. The molecule has 0 aliphatic heterocycles. The van der Waals surface area contributed by atoms with Gasteiger partial charge in [-0.3, -0.25) is 4.79 Å². The van der Waals surface area contributed by atoms with Gasteiger partial charge in [0.25, 0.3) is 5.91 Å². The molecule has 0 saturated carbocycles. The average Bonchev–Trinajstić information content (AvgIpc) is 2.34. The molecule has 1 aromatic carbocycles. The van der Waals surface area contributed by atoms with Crippen molar-refractivity contribution in [2.24, 2.45) is 0 Å². The maximum atomic E-state index is 11.5. The van der Waals surface area contributed by atoms with Crippen LogP contribution in [0.15, 0.2) is 18.2 Å². The molecular weight excluding hydrogens is 230 g/mol. The predicted octanol–water partition coefficient (Wildman–Crippen LogP) is 1.64. The number of aliphatic hydroxyl groups is 1. The molecule has 0 bridgehead atoms. The van der Waals surface area contributed by atoms with E-state index in [1.165, 1.54) is 13.8 Å². The van der Waals surface area contributed by atoms with E-state index in [2.05, 4.69) is 12.2 Å². The topological polar surface area (TPSA) is 58.6 Å². The second-order valence-corrected chi connectivity index (χ2v) is 4.74. The first-order valence-corrected chi connectivity index (χ1v) is 6.05. The van der Waals surface area contributed by atoms with Crippen molar-refractivity contribution in [2.75, 3.05) is 7.11 Å². The summed E-state index contributed by atoms with van der Waals surface area (Å²) in [6.07, 6.45) is 0.871. The maximum absolute atomic E-state index is 11.5. The molecule has 2 N–H and O–H groups in total. The summed E-state index contributed by atoms with van der Waals surface area (Å²) in [4.78, 5) is 11.5. The molecule has 18 heavy (non-hydrogen) atoms. The molecule has 1 amide bonds. The van der Waals surface area contributed by atoms with Crippen LogP contribution in [0.5, 0.6) is 5.75 Å². The Bertz CT molecular complexity index is 422. The Morgan fingerprint density at radius 2 is 2.11 bits per heavy atom. The minimum atomic E-state index is -1.35. The van der Waals surface area contributed by atoms with Crippen LogP contribution in [0.2, 0.25) is 0 Å². The van der Waals surface area contributed by atoms with Crippen molar-refractivity contribution in [1.29, 1.82) is 0 Å². The Kier molecular flexibility index (Phi) is 4.73. The lowest BCUT2D eigenvalue weighted by Gasteiger charge is -2.17. The number of carbonyl (C=O) groups is 1. The highest BCUT2D eigenvalue weighted by Crippen LogP contribution is 2.20. The normalized spacial score (nSPS) is 11.2. The van der Waals surface area contributed by atoms with Crippen LogP contribution in [-0.2, 0) is 17.8 Å². The third-order valence-corrected chi connectivity index (χ3v) is 2.73. The zero-order chi connectivity index (χ0) is 13.8. The Morgan fingerprint density at radius 1 is 1.44 bits per heavy atom. The van der Waals surface area contributed by atoms with Gasteiger partial charge in [-0.25, -0.2) is 0 Å². The zero-order valence-electron chi connectivity index (χ0n) is 11.4. The minimum Gasteiger partial charge on any atom is -0.496 e. The lowest BCUT2D eigenvalue weighted by molar-refractivity contribution is -0.136. The van der Waals surface area contributed by atoms with E-state index < -0.39 is 5.60 Å². The van der Waals surface area contributed by atoms with Gasteiger partial charge in [0, 0.05) is 6.54 Å². The van der Waals surface area contributed by atoms with Crippen molar-refractivity contribution in [2.45, 2.75) is 39.3 Å². The van der Waals surface area contributed by atoms with E-state index in [-0.39, 0.29) is 5.91 Å². The van der Waals surface area contributed by atoms with Gasteiger partial charge in [0.05, 0.1) is 7.11 Å². The number of ether oxygens (including phenoxy) is 1. The van der Waals surface area contributed by atoms with Crippen LogP contribution >= 0.6 is 0 Å². The molecule has 0 aliphatic rings. The zero-order valence-corrected chi connectivity index (χ0v) is 11.4. The summed E-state index contributed by atoms with van der Waals surface area (Å²) in [5.74, 6) is 0.478. The van der Waals surface area contributed by atoms with Gasteiger partial charge in [-0.05, 0) is 37.5 Å². The van der Waals surface area contributed by atoms with Gasteiger partial charge in [0.1, 0.15) is 11.4 Å². The van der Waals surface area contributed by atoms with Crippen molar-refractivity contribution in [3.63, 3.8) is 0 Å².